The van der Waals surface area contributed by atoms with Gasteiger partial charge in [0.05, 0.1) is 25.7 Å². The number of carbonyl (C=O) groups is 2. The van der Waals surface area contributed by atoms with Crippen molar-refractivity contribution in [1.29, 1.82) is 0 Å². The zero-order valence-corrected chi connectivity index (χ0v) is 14.7. The maximum Gasteiger partial charge on any atom is 0.310 e. The molecule has 2 atom stereocenters. The molecule has 0 aliphatic carbocycles. The molecule has 122 valence electrons. The average molecular weight is 372 g/mol. The number of methoxy groups -OCH3 is 1. The fraction of sp³-hybridized carbons (Fsp3) is 0.500. The Morgan fingerprint density at radius 1 is 1.41 bits per heavy atom. The lowest BCUT2D eigenvalue weighted by atomic mass is 10.1. The zero-order chi connectivity index (χ0) is 16.7. The summed E-state index contributed by atoms with van der Waals surface area (Å²) >= 11 is 3.34. The molecule has 1 aromatic carbocycles. The SMILES string of the molecule is CCC(CO)N(CC(C)C(=O)OC)C(=O)c1cccc(Br)c1. The highest BCUT2D eigenvalue weighted by Crippen LogP contribution is 2.17. The molecule has 0 saturated heterocycles. The molecular weight excluding hydrogens is 350 g/mol. The molecule has 22 heavy (non-hydrogen) atoms. The number of aliphatic hydroxyl groups is 1. The van der Waals surface area contributed by atoms with Gasteiger partial charge in [-0.2, -0.15) is 0 Å². The minimum Gasteiger partial charge on any atom is -0.469 e. The second-order valence-electron chi connectivity index (χ2n) is 5.14. The molecule has 1 rings (SSSR count). The fourth-order valence-electron chi connectivity index (χ4n) is 2.20. The Hall–Kier alpha value is -1.40. The van der Waals surface area contributed by atoms with E-state index < -0.39 is 5.92 Å². The summed E-state index contributed by atoms with van der Waals surface area (Å²) in [5.74, 6) is -1.04. The van der Waals surface area contributed by atoms with Crippen LogP contribution in [0.25, 0.3) is 0 Å². The van der Waals surface area contributed by atoms with Crippen LogP contribution in [0, 0.1) is 5.92 Å². The number of aliphatic hydroxyl groups excluding tert-OH is 1. The monoisotopic (exact) mass is 371 g/mol. The first kappa shape index (κ1) is 18.6. The molecule has 1 amide bonds. The van der Waals surface area contributed by atoms with Crippen molar-refractivity contribution in [3.8, 4) is 0 Å². The molecule has 0 radical (unpaired) electrons. The van der Waals surface area contributed by atoms with Crippen LogP contribution < -0.4 is 0 Å². The quantitative estimate of drug-likeness (QED) is 0.747. The summed E-state index contributed by atoms with van der Waals surface area (Å²) in [6, 6.07) is 6.72. The van der Waals surface area contributed by atoms with E-state index in [2.05, 4.69) is 15.9 Å². The number of halogens is 1. The van der Waals surface area contributed by atoms with Gasteiger partial charge in [0.15, 0.2) is 0 Å². The maximum absolute atomic E-state index is 12.7. The molecule has 0 aromatic heterocycles. The Bertz CT molecular complexity index is 517. The van der Waals surface area contributed by atoms with E-state index >= 15 is 0 Å². The Morgan fingerprint density at radius 2 is 2.09 bits per heavy atom. The van der Waals surface area contributed by atoms with Gasteiger partial charge in [-0.15, -0.1) is 0 Å². The number of esters is 1. The summed E-state index contributed by atoms with van der Waals surface area (Å²) < 4.78 is 5.52. The van der Waals surface area contributed by atoms with Crippen LogP contribution in [0.2, 0.25) is 0 Å². The highest BCUT2D eigenvalue weighted by Gasteiger charge is 2.27. The lowest BCUT2D eigenvalue weighted by Gasteiger charge is -2.31. The van der Waals surface area contributed by atoms with Gasteiger partial charge in [0.2, 0.25) is 0 Å². The van der Waals surface area contributed by atoms with Crippen molar-refractivity contribution in [3.05, 3.63) is 34.3 Å². The predicted octanol–water partition coefficient (Wildman–Crippen LogP) is 2.47. The summed E-state index contributed by atoms with van der Waals surface area (Å²) in [5, 5.41) is 9.54. The van der Waals surface area contributed by atoms with E-state index in [1.807, 2.05) is 13.0 Å². The van der Waals surface area contributed by atoms with Gasteiger partial charge >= 0.3 is 5.97 Å². The normalized spacial score (nSPS) is 13.3. The second kappa shape index (κ2) is 8.90. The average Bonchev–Trinajstić information content (AvgIpc) is 2.53. The van der Waals surface area contributed by atoms with Crippen molar-refractivity contribution < 1.29 is 19.4 Å². The topological polar surface area (TPSA) is 66.8 Å². The lowest BCUT2D eigenvalue weighted by Crippen LogP contribution is -2.45. The summed E-state index contributed by atoms with van der Waals surface area (Å²) in [6.45, 7) is 3.66. The van der Waals surface area contributed by atoms with E-state index in [1.54, 1.807) is 30.0 Å². The van der Waals surface area contributed by atoms with Crippen LogP contribution in [0.15, 0.2) is 28.7 Å². The Morgan fingerprint density at radius 3 is 2.59 bits per heavy atom. The number of hydrogen-bond acceptors (Lipinski definition) is 4. The third kappa shape index (κ3) is 4.81. The summed E-state index contributed by atoms with van der Waals surface area (Å²) in [5.41, 5.74) is 0.512. The number of carbonyl (C=O) groups excluding carboxylic acids is 2. The summed E-state index contributed by atoms with van der Waals surface area (Å²) in [4.78, 5) is 25.9. The number of rotatable bonds is 7. The largest absolute Gasteiger partial charge is 0.469 e. The van der Waals surface area contributed by atoms with E-state index in [9.17, 15) is 14.7 Å². The molecule has 1 N–H and O–H groups in total. The second-order valence-corrected chi connectivity index (χ2v) is 6.05. The van der Waals surface area contributed by atoms with Crippen molar-refractivity contribution in [2.75, 3.05) is 20.3 Å². The molecule has 0 heterocycles. The highest BCUT2D eigenvalue weighted by atomic mass is 79.9. The standard InChI is InChI=1S/C16H22BrNO4/c1-4-14(10-19)18(9-11(2)16(21)22-3)15(20)12-6-5-7-13(17)8-12/h5-8,11,14,19H,4,9-10H2,1-3H3. The van der Waals surface area contributed by atoms with Gasteiger partial charge in [-0.1, -0.05) is 35.8 Å². The highest BCUT2D eigenvalue weighted by molar-refractivity contribution is 9.10. The van der Waals surface area contributed by atoms with E-state index in [4.69, 9.17) is 4.74 Å². The van der Waals surface area contributed by atoms with E-state index in [0.29, 0.717) is 12.0 Å². The first-order valence-electron chi connectivity index (χ1n) is 7.19. The molecule has 2 unspecified atom stereocenters. The molecule has 5 nitrogen and oxygen atoms in total. The van der Waals surface area contributed by atoms with Gasteiger partial charge in [-0.3, -0.25) is 9.59 Å². The van der Waals surface area contributed by atoms with E-state index in [1.165, 1.54) is 7.11 Å². The number of hydrogen-bond donors (Lipinski definition) is 1. The minimum absolute atomic E-state index is 0.149. The van der Waals surface area contributed by atoms with Crippen LogP contribution in [0.1, 0.15) is 30.6 Å². The van der Waals surface area contributed by atoms with Crippen molar-refractivity contribution >= 4 is 27.8 Å². The predicted molar refractivity (Wildman–Crippen MR) is 87.5 cm³/mol. The molecule has 0 aliphatic rings. The molecule has 0 aliphatic heterocycles. The van der Waals surface area contributed by atoms with Crippen molar-refractivity contribution in [1.82, 2.24) is 4.90 Å². The third-order valence-corrected chi connectivity index (χ3v) is 4.02. The Balaban J connectivity index is 3.04. The Kier molecular flexibility index (Phi) is 7.55. The van der Waals surface area contributed by atoms with Gasteiger partial charge in [0, 0.05) is 16.6 Å². The molecule has 0 fully saturated rings. The molecular formula is C16H22BrNO4. The minimum atomic E-state index is -0.457. The Labute approximate surface area is 139 Å². The molecule has 0 spiro atoms. The van der Waals surface area contributed by atoms with Crippen molar-refractivity contribution in [2.45, 2.75) is 26.3 Å². The van der Waals surface area contributed by atoms with Crippen LogP contribution in [-0.2, 0) is 9.53 Å². The van der Waals surface area contributed by atoms with Crippen LogP contribution in [0.3, 0.4) is 0 Å². The fourth-order valence-corrected chi connectivity index (χ4v) is 2.60. The van der Waals surface area contributed by atoms with Gasteiger partial charge in [0.25, 0.3) is 5.91 Å². The maximum atomic E-state index is 12.7. The first-order valence-corrected chi connectivity index (χ1v) is 7.99. The zero-order valence-electron chi connectivity index (χ0n) is 13.1. The van der Waals surface area contributed by atoms with E-state index in [-0.39, 0.29) is 31.1 Å². The molecule has 0 saturated carbocycles. The van der Waals surface area contributed by atoms with Gasteiger partial charge < -0.3 is 14.7 Å². The van der Waals surface area contributed by atoms with Crippen LogP contribution in [-0.4, -0.2) is 48.2 Å². The van der Waals surface area contributed by atoms with Crippen molar-refractivity contribution in [2.24, 2.45) is 5.92 Å². The molecule has 0 bridgehead atoms. The number of ether oxygens (including phenoxy) is 1. The number of nitrogens with zero attached hydrogens (tertiary/aromatic N) is 1. The summed E-state index contributed by atoms with van der Waals surface area (Å²) in [7, 11) is 1.32. The van der Waals surface area contributed by atoms with Gasteiger partial charge in [0.1, 0.15) is 0 Å². The molecule has 1 aromatic rings. The van der Waals surface area contributed by atoms with Gasteiger partial charge in [-0.25, -0.2) is 0 Å². The van der Waals surface area contributed by atoms with Crippen LogP contribution in [0.5, 0.6) is 0 Å². The molecule has 6 heteroatoms. The lowest BCUT2D eigenvalue weighted by molar-refractivity contribution is -0.145. The summed E-state index contributed by atoms with van der Waals surface area (Å²) in [6.07, 6.45) is 0.601. The smallest absolute Gasteiger partial charge is 0.310 e. The van der Waals surface area contributed by atoms with Crippen molar-refractivity contribution in [3.63, 3.8) is 0 Å². The van der Waals surface area contributed by atoms with Gasteiger partial charge in [-0.05, 0) is 24.6 Å². The number of amides is 1. The third-order valence-electron chi connectivity index (χ3n) is 3.53. The first-order chi connectivity index (χ1) is 10.4. The van der Waals surface area contributed by atoms with Crippen LogP contribution in [0.4, 0.5) is 0 Å². The number of benzene rings is 1. The van der Waals surface area contributed by atoms with E-state index in [0.717, 1.165) is 4.47 Å². The van der Waals surface area contributed by atoms with Crippen LogP contribution >= 0.6 is 15.9 Å².